The molecular weight excluding hydrogens is 303 g/mol. The zero-order chi connectivity index (χ0) is 13.5. The van der Waals surface area contributed by atoms with E-state index in [2.05, 4.69) is 0 Å². The van der Waals surface area contributed by atoms with Gasteiger partial charge >= 0.3 is 119 Å². The first kappa shape index (κ1) is 13.9. The van der Waals surface area contributed by atoms with Crippen LogP contribution in [0, 0.1) is 0 Å². The van der Waals surface area contributed by atoms with Crippen molar-refractivity contribution in [2.24, 2.45) is 0 Å². The number of hydrogen-bond acceptors (Lipinski definition) is 2. The van der Waals surface area contributed by atoms with E-state index in [0.717, 1.165) is 16.2 Å². The summed E-state index contributed by atoms with van der Waals surface area (Å²) in [5, 5.41) is 11.2. The van der Waals surface area contributed by atoms with Crippen LogP contribution < -0.4 is 0 Å². The van der Waals surface area contributed by atoms with E-state index in [9.17, 15) is 9.90 Å². The van der Waals surface area contributed by atoms with Gasteiger partial charge in [0.1, 0.15) is 0 Å². The number of carbonyl (C=O) groups is 1. The third-order valence-electron chi connectivity index (χ3n) is 2.77. The SMILES string of the molecule is O=C(CC[Se]Cc1ccc(O)cc1)c1ccccc1. The molecule has 0 heterocycles. The van der Waals surface area contributed by atoms with Crippen LogP contribution in [0.4, 0.5) is 0 Å². The topological polar surface area (TPSA) is 37.3 Å². The molecule has 0 aromatic heterocycles. The second kappa shape index (κ2) is 7.13. The van der Waals surface area contributed by atoms with Crippen molar-refractivity contribution < 1.29 is 9.90 Å². The van der Waals surface area contributed by atoms with Gasteiger partial charge in [-0.15, -0.1) is 0 Å². The quantitative estimate of drug-likeness (QED) is 0.504. The van der Waals surface area contributed by atoms with E-state index in [4.69, 9.17) is 0 Å². The Labute approximate surface area is 119 Å². The van der Waals surface area contributed by atoms with Crippen LogP contribution in [-0.2, 0) is 5.32 Å². The number of Topliss-reactive ketones (excluding diaryl/α,β-unsaturated/α-hetero) is 1. The Balaban J connectivity index is 1.72. The molecule has 2 aromatic rings. The molecule has 0 saturated heterocycles. The van der Waals surface area contributed by atoms with Gasteiger partial charge in [-0.2, -0.15) is 0 Å². The van der Waals surface area contributed by atoms with Crippen LogP contribution >= 0.6 is 0 Å². The third kappa shape index (κ3) is 4.55. The Kier molecular flexibility index (Phi) is 5.19. The van der Waals surface area contributed by atoms with E-state index in [1.165, 1.54) is 5.56 Å². The molecule has 0 aliphatic heterocycles. The average Bonchev–Trinajstić information content (AvgIpc) is 2.46. The van der Waals surface area contributed by atoms with Crippen molar-refractivity contribution in [3.63, 3.8) is 0 Å². The summed E-state index contributed by atoms with van der Waals surface area (Å²) in [7, 11) is 0. The molecule has 1 N–H and O–H groups in total. The molecule has 2 nitrogen and oxygen atoms in total. The third-order valence-corrected chi connectivity index (χ3v) is 4.94. The van der Waals surface area contributed by atoms with E-state index < -0.39 is 0 Å². The van der Waals surface area contributed by atoms with E-state index in [1.807, 2.05) is 42.5 Å². The molecule has 98 valence electrons. The minimum absolute atomic E-state index is 0.230. The second-order valence-corrected chi connectivity index (χ2v) is 6.58. The summed E-state index contributed by atoms with van der Waals surface area (Å²) in [5.74, 6) is 0.531. The van der Waals surface area contributed by atoms with Gasteiger partial charge in [-0.25, -0.2) is 0 Å². The molecule has 0 radical (unpaired) electrons. The van der Waals surface area contributed by atoms with Crippen LogP contribution in [0.15, 0.2) is 54.6 Å². The number of ketones is 1. The average molecular weight is 319 g/mol. The van der Waals surface area contributed by atoms with Crippen molar-refractivity contribution in [1.82, 2.24) is 0 Å². The van der Waals surface area contributed by atoms with E-state index in [-0.39, 0.29) is 5.78 Å². The van der Waals surface area contributed by atoms with Crippen molar-refractivity contribution >= 4 is 20.7 Å². The number of phenols is 1. The molecule has 0 fully saturated rings. The summed E-state index contributed by atoms with van der Waals surface area (Å²) in [6.07, 6.45) is 0.627. The Morgan fingerprint density at radius 2 is 1.68 bits per heavy atom. The van der Waals surface area contributed by atoms with Crippen molar-refractivity contribution in [1.29, 1.82) is 0 Å². The molecule has 19 heavy (non-hydrogen) atoms. The summed E-state index contributed by atoms with van der Waals surface area (Å²) >= 11 is 0.432. The van der Waals surface area contributed by atoms with Crippen LogP contribution in [0.2, 0.25) is 5.32 Å². The van der Waals surface area contributed by atoms with Gasteiger partial charge in [-0.05, 0) is 0 Å². The van der Waals surface area contributed by atoms with Crippen LogP contribution in [0.25, 0.3) is 0 Å². The summed E-state index contributed by atoms with van der Waals surface area (Å²) in [6, 6.07) is 16.8. The van der Waals surface area contributed by atoms with E-state index >= 15 is 0 Å². The summed E-state index contributed by atoms with van der Waals surface area (Å²) in [5.41, 5.74) is 2.04. The van der Waals surface area contributed by atoms with Crippen molar-refractivity contribution in [2.45, 2.75) is 17.1 Å². The number of hydrogen-bond donors (Lipinski definition) is 1. The molecule has 0 saturated carbocycles. The summed E-state index contributed by atoms with van der Waals surface area (Å²) < 4.78 is 0. The number of aromatic hydroxyl groups is 1. The molecule has 0 aliphatic carbocycles. The maximum atomic E-state index is 11.9. The van der Waals surface area contributed by atoms with Gasteiger partial charge in [0.15, 0.2) is 0 Å². The van der Waals surface area contributed by atoms with Crippen LogP contribution in [0.1, 0.15) is 22.3 Å². The van der Waals surface area contributed by atoms with Gasteiger partial charge in [0.2, 0.25) is 0 Å². The molecular formula is C16H16O2Se. The standard InChI is InChI=1S/C16H16O2Se/c17-15-8-6-13(7-9-15)12-19-11-10-16(18)14-4-2-1-3-5-14/h1-9,17H,10-12H2. The zero-order valence-corrected chi connectivity index (χ0v) is 12.3. The van der Waals surface area contributed by atoms with Crippen LogP contribution in [0.5, 0.6) is 5.75 Å². The van der Waals surface area contributed by atoms with Gasteiger partial charge in [0.25, 0.3) is 0 Å². The molecule has 2 aromatic carbocycles. The van der Waals surface area contributed by atoms with Gasteiger partial charge in [0, 0.05) is 0 Å². The predicted molar refractivity (Wildman–Crippen MR) is 77.8 cm³/mol. The molecule has 0 atom stereocenters. The number of benzene rings is 2. The molecule has 0 spiro atoms. The molecule has 0 aliphatic rings. The maximum absolute atomic E-state index is 11.9. The number of phenolic OH excluding ortho intramolecular Hbond substituents is 1. The van der Waals surface area contributed by atoms with Crippen LogP contribution in [-0.4, -0.2) is 25.8 Å². The van der Waals surface area contributed by atoms with Gasteiger partial charge in [-0.1, -0.05) is 0 Å². The van der Waals surface area contributed by atoms with Crippen molar-refractivity contribution in [3.05, 3.63) is 65.7 Å². The Morgan fingerprint density at radius 3 is 2.37 bits per heavy atom. The van der Waals surface area contributed by atoms with Crippen LogP contribution in [0.3, 0.4) is 0 Å². The fourth-order valence-electron chi connectivity index (χ4n) is 1.72. The van der Waals surface area contributed by atoms with E-state index in [1.54, 1.807) is 12.1 Å². The fraction of sp³-hybridized carbons (Fsp3) is 0.188. The van der Waals surface area contributed by atoms with Gasteiger partial charge < -0.3 is 0 Å². The summed E-state index contributed by atoms with van der Waals surface area (Å²) in [4.78, 5) is 11.9. The Hall–Kier alpha value is -1.57. The normalized spacial score (nSPS) is 10.3. The van der Waals surface area contributed by atoms with Crippen molar-refractivity contribution in [2.75, 3.05) is 0 Å². The molecule has 0 bridgehead atoms. The second-order valence-electron chi connectivity index (χ2n) is 4.26. The summed E-state index contributed by atoms with van der Waals surface area (Å²) in [6.45, 7) is 0. The number of carbonyl (C=O) groups excluding carboxylic acids is 1. The first-order valence-electron chi connectivity index (χ1n) is 6.19. The number of rotatable bonds is 6. The Bertz CT molecular complexity index is 520. The molecule has 0 unspecified atom stereocenters. The van der Waals surface area contributed by atoms with E-state index in [0.29, 0.717) is 27.1 Å². The fourth-order valence-corrected chi connectivity index (χ4v) is 3.61. The molecule has 0 amide bonds. The monoisotopic (exact) mass is 320 g/mol. The minimum atomic E-state index is 0.230. The van der Waals surface area contributed by atoms with Gasteiger partial charge in [-0.3, -0.25) is 0 Å². The molecule has 2 rings (SSSR count). The predicted octanol–water partition coefficient (Wildman–Crippen LogP) is 3.29. The zero-order valence-electron chi connectivity index (χ0n) is 10.6. The van der Waals surface area contributed by atoms with Gasteiger partial charge in [0.05, 0.1) is 0 Å². The first-order chi connectivity index (χ1) is 9.25. The Morgan fingerprint density at radius 1 is 1.00 bits per heavy atom. The first-order valence-corrected chi connectivity index (χ1v) is 8.62. The molecule has 3 heteroatoms. The van der Waals surface area contributed by atoms with Crippen molar-refractivity contribution in [3.8, 4) is 5.75 Å².